The molecule has 0 atom stereocenters. The lowest BCUT2D eigenvalue weighted by molar-refractivity contribution is -0.151. The van der Waals surface area contributed by atoms with Crippen LogP contribution in [0.1, 0.15) is 31.2 Å². The zero-order valence-corrected chi connectivity index (χ0v) is 14.1. The Morgan fingerprint density at radius 3 is 2.59 bits per heavy atom. The van der Waals surface area contributed by atoms with Gasteiger partial charge in [0.1, 0.15) is 5.76 Å². The summed E-state index contributed by atoms with van der Waals surface area (Å²) in [5.41, 5.74) is 0.852. The van der Waals surface area contributed by atoms with Crippen LogP contribution in [-0.4, -0.2) is 47.2 Å². The fourth-order valence-electron chi connectivity index (χ4n) is 2.34. The van der Waals surface area contributed by atoms with Gasteiger partial charge in [-0.3, -0.25) is 9.59 Å². The van der Waals surface area contributed by atoms with E-state index in [1.807, 2.05) is 13.8 Å². The molecule has 1 aromatic heterocycles. The van der Waals surface area contributed by atoms with Gasteiger partial charge in [0.2, 0.25) is 5.91 Å². The zero-order valence-electron chi connectivity index (χ0n) is 13.3. The predicted molar refractivity (Wildman–Crippen MR) is 82.6 cm³/mol. The number of likely N-dealkylation sites (tertiary alicyclic amines) is 1. The second-order valence-corrected chi connectivity index (χ2v) is 6.24. The van der Waals surface area contributed by atoms with Crippen LogP contribution in [0.2, 0.25) is 0 Å². The van der Waals surface area contributed by atoms with Crippen molar-refractivity contribution < 1.29 is 18.7 Å². The molecule has 122 valence electrons. The third-order valence-corrected chi connectivity index (χ3v) is 4.61. The van der Waals surface area contributed by atoms with E-state index in [1.165, 1.54) is 11.8 Å². The highest BCUT2D eigenvalue weighted by Crippen LogP contribution is 2.23. The summed E-state index contributed by atoms with van der Waals surface area (Å²) in [7, 11) is 0. The van der Waals surface area contributed by atoms with Gasteiger partial charge >= 0.3 is 5.97 Å². The Labute approximate surface area is 134 Å². The Hall–Kier alpha value is -1.50. The summed E-state index contributed by atoms with van der Waals surface area (Å²) >= 11 is 1.31. The number of hydrogen-bond donors (Lipinski definition) is 0. The maximum atomic E-state index is 12.2. The van der Waals surface area contributed by atoms with E-state index < -0.39 is 0 Å². The van der Waals surface area contributed by atoms with Crippen molar-refractivity contribution in [2.24, 2.45) is 5.92 Å². The molecule has 0 aliphatic carbocycles. The van der Waals surface area contributed by atoms with Crippen molar-refractivity contribution in [3.8, 4) is 0 Å². The van der Waals surface area contributed by atoms with Gasteiger partial charge < -0.3 is 14.1 Å². The Morgan fingerprint density at radius 2 is 2.05 bits per heavy atom. The number of hydrogen-bond acceptors (Lipinski definition) is 6. The summed E-state index contributed by atoms with van der Waals surface area (Å²) in [5.74, 6) is 0.929. The SMILES string of the molecule is CCOC(=O)C1CCN(C(=O)CSc2nc(C)c(C)o2)CC1. The van der Waals surface area contributed by atoms with Crippen LogP contribution in [0.5, 0.6) is 0 Å². The first-order valence-corrected chi connectivity index (χ1v) is 8.51. The molecule has 1 aliphatic rings. The van der Waals surface area contributed by atoms with Crippen LogP contribution in [0.3, 0.4) is 0 Å². The first-order chi connectivity index (χ1) is 10.5. The molecule has 0 N–H and O–H groups in total. The molecular weight excluding hydrogens is 304 g/mol. The van der Waals surface area contributed by atoms with Crippen LogP contribution < -0.4 is 0 Å². The van der Waals surface area contributed by atoms with Crippen molar-refractivity contribution in [1.29, 1.82) is 0 Å². The van der Waals surface area contributed by atoms with E-state index in [9.17, 15) is 9.59 Å². The van der Waals surface area contributed by atoms with Gasteiger partial charge in [-0.25, -0.2) is 4.98 Å². The van der Waals surface area contributed by atoms with Gasteiger partial charge in [0.15, 0.2) is 0 Å². The fourth-order valence-corrected chi connectivity index (χ4v) is 3.16. The summed E-state index contributed by atoms with van der Waals surface area (Å²) in [6.45, 7) is 7.15. The Balaban J connectivity index is 1.76. The number of aromatic nitrogens is 1. The molecule has 2 heterocycles. The van der Waals surface area contributed by atoms with Crippen LogP contribution in [-0.2, 0) is 14.3 Å². The molecule has 1 saturated heterocycles. The van der Waals surface area contributed by atoms with Crippen LogP contribution in [0.25, 0.3) is 0 Å². The highest BCUT2D eigenvalue weighted by molar-refractivity contribution is 7.99. The molecule has 1 amide bonds. The van der Waals surface area contributed by atoms with E-state index in [0.29, 0.717) is 43.5 Å². The molecule has 6 nitrogen and oxygen atoms in total. The van der Waals surface area contributed by atoms with E-state index in [0.717, 1.165) is 11.5 Å². The summed E-state index contributed by atoms with van der Waals surface area (Å²) in [5, 5.41) is 0.532. The first kappa shape index (κ1) is 16.9. The lowest BCUT2D eigenvalue weighted by Crippen LogP contribution is -2.41. The summed E-state index contributed by atoms with van der Waals surface area (Å²) < 4.78 is 10.5. The first-order valence-electron chi connectivity index (χ1n) is 7.52. The molecule has 7 heteroatoms. The quantitative estimate of drug-likeness (QED) is 0.610. The number of aryl methyl sites for hydroxylation is 2. The Morgan fingerprint density at radius 1 is 1.36 bits per heavy atom. The van der Waals surface area contributed by atoms with Crippen molar-refractivity contribution in [2.45, 2.75) is 38.8 Å². The van der Waals surface area contributed by atoms with E-state index in [2.05, 4.69) is 4.98 Å². The molecule has 0 radical (unpaired) electrons. The van der Waals surface area contributed by atoms with Crippen molar-refractivity contribution in [3.63, 3.8) is 0 Å². The number of piperidine rings is 1. The average Bonchev–Trinajstić information content (AvgIpc) is 2.84. The van der Waals surface area contributed by atoms with Gasteiger partial charge in [-0.05, 0) is 33.6 Å². The minimum absolute atomic E-state index is 0.0563. The molecule has 1 aliphatic heterocycles. The molecule has 0 spiro atoms. The molecule has 1 aromatic rings. The normalized spacial score (nSPS) is 15.9. The standard InChI is InChI=1S/C15H22N2O4S/c1-4-20-14(19)12-5-7-17(8-6-12)13(18)9-22-15-16-10(2)11(3)21-15/h12H,4-9H2,1-3H3. The minimum atomic E-state index is -0.144. The maximum Gasteiger partial charge on any atom is 0.309 e. The number of esters is 1. The van der Waals surface area contributed by atoms with Crippen molar-refractivity contribution in [2.75, 3.05) is 25.4 Å². The van der Waals surface area contributed by atoms with E-state index in [1.54, 1.807) is 11.8 Å². The van der Waals surface area contributed by atoms with E-state index >= 15 is 0 Å². The van der Waals surface area contributed by atoms with Gasteiger partial charge in [-0.15, -0.1) is 0 Å². The van der Waals surface area contributed by atoms with Crippen LogP contribution >= 0.6 is 11.8 Å². The lowest BCUT2D eigenvalue weighted by Gasteiger charge is -2.30. The number of nitrogens with zero attached hydrogens (tertiary/aromatic N) is 2. The monoisotopic (exact) mass is 326 g/mol. The Kier molecular flexibility index (Phi) is 5.88. The number of thioether (sulfide) groups is 1. The summed E-state index contributed by atoms with van der Waals surface area (Å²) in [6.07, 6.45) is 1.35. The van der Waals surface area contributed by atoms with Crippen molar-refractivity contribution in [3.05, 3.63) is 11.5 Å². The van der Waals surface area contributed by atoms with Crippen LogP contribution in [0.15, 0.2) is 9.64 Å². The largest absolute Gasteiger partial charge is 0.466 e. The highest BCUT2D eigenvalue weighted by atomic mass is 32.2. The minimum Gasteiger partial charge on any atom is -0.466 e. The van der Waals surface area contributed by atoms with Gasteiger partial charge in [0.05, 0.1) is 24.0 Å². The van der Waals surface area contributed by atoms with Crippen LogP contribution in [0.4, 0.5) is 0 Å². The number of rotatable bonds is 5. The number of amides is 1. The van der Waals surface area contributed by atoms with E-state index in [-0.39, 0.29) is 17.8 Å². The molecule has 22 heavy (non-hydrogen) atoms. The smallest absolute Gasteiger partial charge is 0.309 e. The van der Waals surface area contributed by atoms with Crippen molar-refractivity contribution in [1.82, 2.24) is 9.88 Å². The predicted octanol–water partition coefficient (Wildman–Crippen LogP) is 2.19. The van der Waals surface area contributed by atoms with Gasteiger partial charge in [-0.1, -0.05) is 11.8 Å². The molecular formula is C15H22N2O4S. The molecule has 1 fully saturated rings. The zero-order chi connectivity index (χ0) is 16.1. The molecule has 0 aromatic carbocycles. The van der Waals surface area contributed by atoms with E-state index in [4.69, 9.17) is 9.15 Å². The average molecular weight is 326 g/mol. The number of carbonyl (C=O) groups is 2. The number of oxazole rings is 1. The molecule has 0 saturated carbocycles. The van der Waals surface area contributed by atoms with Gasteiger partial charge in [0.25, 0.3) is 5.22 Å². The van der Waals surface area contributed by atoms with Gasteiger partial charge in [-0.2, -0.15) is 0 Å². The number of ether oxygens (including phenoxy) is 1. The topological polar surface area (TPSA) is 72.6 Å². The summed E-state index contributed by atoms with van der Waals surface area (Å²) in [6, 6.07) is 0. The lowest BCUT2D eigenvalue weighted by atomic mass is 9.97. The number of carbonyl (C=O) groups excluding carboxylic acids is 2. The molecule has 2 rings (SSSR count). The Bertz CT molecular complexity index is 516. The van der Waals surface area contributed by atoms with Crippen LogP contribution in [0, 0.1) is 19.8 Å². The second-order valence-electron chi connectivity index (χ2n) is 5.32. The summed E-state index contributed by atoms with van der Waals surface area (Å²) in [4.78, 5) is 29.9. The van der Waals surface area contributed by atoms with Gasteiger partial charge in [0, 0.05) is 13.1 Å². The molecule has 0 unspecified atom stereocenters. The fraction of sp³-hybridized carbons (Fsp3) is 0.667. The maximum absolute atomic E-state index is 12.2. The third kappa shape index (κ3) is 4.25. The second kappa shape index (κ2) is 7.67. The molecule has 0 bridgehead atoms. The third-order valence-electron chi connectivity index (χ3n) is 3.80. The van der Waals surface area contributed by atoms with Crippen molar-refractivity contribution >= 4 is 23.6 Å². The highest BCUT2D eigenvalue weighted by Gasteiger charge is 2.28.